The molecule has 0 saturated heterocycles. The Morgan fingerprint density at radius 3 is 2.62 bits per heavy atom. The Labute approximate surface area is 157 Å². The minimum absolute atomic E-state index is 0.301. The number of hydrogen-bond donors (Lipinski definition) is 2. The molecule has 0 aliphatic rings. The van der Waals surface area contributed by atoms with Crippen molar-refractivity contribution in [1.29, 1.82) is 0 Å². The molecule has 26 heavy (non-hydrogen) atoms. The molecular formula is C19H23N5OS. The largest absolute Gasteiger partial charge is 0.508 e. The predicted octanol–water partition coefficient (Wildman–Crippen LogP) is 4.20. The maximum Gasteiger partial charge on any atom is 0.227 e. The van der Waals surface area contributed by atoms with Gasteiger partial charge in [-0.3, -0.25) is 4.90 Å². The number of phenolic OH excluding ortho intramolecular Hbond substituents is 1. The van der Waals surface area contributed by atoms with Crippen LogP contribution in [0, 0.1) is 6.92 Å². The van der Waals surface area contributed by atoms with E-state index in [0.717, 1.165) is 40.7 Å². The fourth-order valence-electron chi connectivity index (χ4n) is 2.65. The minimum atomic E-state index is 0.301. The Hall–Kier alpha value is -2.51. The van der Waals surface area contributed by atoms with Crippen molar-refractivity contribution >= 4 is 23.0 Å². The fraction of sp³-hybridized carbons (Fsp3) is 0.316. The number of anilines is 2. The molecule has 0 unspecified atom stereocenters. The predicted molar refractivity (Wildman–Crippen MR) is 106 cm³/mol. The molecule has 0 atom stereocenters. The smallest absolute Gasteiger partial charge is 0.227 e. The lowest BCUT2D eigenvalue weighted by molar-refractivity contribution is 0.291. The molecule has 0 aliphatic carbocycles. The van der Waals surface area contributed by atoms with Gasteiger partial charge in [-0.25, -0.2) is 15.0 Å². The van der Waals surface area contributed by atoms with E-state index in [1.54, 1.807) is 23.6 Å². The third-order valence-corrected chi connectivity index (χ3v) is 4.93. The van der Waals surface area contributed by atoms with Gasteiger partial charge >= 0.3 is 0 Å². The van der Waals surface area contributed by atoms with Crippen molar-refractivity contribution in [2.45, 2.75) is 27.3 Å². The first kappa shape index (κ1) is 18.3. The maximum atomic E-state index is 10.1. The van der Waals surface area contributed by atoms with Crippen LogP contribution < -0.4 is 5.32 Å². The minimum Gasteiger partial charge on any atom is -0.508 e. The van der Waals surface area contributed by atoms with Gasteiger partial charge in [-0.1, -0.05) is 13.8 Å². The third-order valence-electron chi connectivity index (χ3n) is 4.16. The van der Waals surface area contributed by atoms with Crippen molar-refractivity contribution in [1.82, 2.24) is 19.9 Å². The van der Waals surface area contributed by atoms with Crippen LogP contribution in [0.3, 0.4) is 0 Å². The molecule has 2 heterocycles. The Bertz CT molecular complexity index is 876. The van der Waals surface area contributed by atoms with E-state index in [0.29, 0.717) is 18.2 Å². The zero-order valence-corrected chi connectivity index (χ0v) is 16.0. The number of thiazole rings is 1. The maximum absolute atomic E-state index is 10.1. The van der Waals surface area contributed by atoms with E-state index in [9.17, 15) is 5.11 Å². The molecule has 3 rings (SSSR count). The van der Waals surface area contributed by atoms with Gasteiger partial charge in [-0.15, -0.1) is 11.3 Å². The molecule has 0 spiro atoms. The number of rotatable bonds is 7. The lowest BCUT2D eigenvalue weighted by atomic mass is 10.1. The monoisotopic (exact) mass is 369 g/mol. The van der Waals surface area contributed by atoms with E-state index in [-0.39, 0.29) is 0 Å². The molecule has 2 aromatic heterocycles. The second-order valence-corrected chi connectivity index (χ2v) is 7.01. The van der Waals surface area contributed by atoms with Crippen molar-refractivity contribution in [2.24, 2.45) is 0 Å². The van der Waals surface area contributed by atoms with Crippen LogP contribution in [-0.2, 0) is 6.54 Å². The molecule has 0 radical (unpaired) electrons. The molecule has 3 aromatic rings. The molecule has 1 aromatic carbocycles. The number of aromatic nitrogens is 3. The molecule has 0 fully saturated rings. The molecule has 6 nitrogen and oxygen atoms in total. The van der Waals surface area contributed by atoms with Gasteiger partial charge in [-0.2, -0.15) is 0 Å². The summed E-state index contributed by atoms with van der Waals surface area (Å²) in [7, 11) is 0. The molecule has 0 saturated carbocycles. The summed E-state index contributed by atoms with van der Waals surface area (Å²) in [4.78, 5) is 15.6. The van der Waals surface area contributed by atoms with Gasteiger partial charge in [0, 0.05) is 29.4 Å². The number of nitrogens with zero attached hydrogens (tertiary/aromatic N) is 4. The summed E-state index contributed by atoms with van der Waals surface area (Å²) in [6.07, 6.45) is 1.72. The summed E-state index contributed by atoms with van der Waals surface area (Å²) < 4.78 is 0. The SMILES string of the molecule is CCN(CC)Cc1cc(Nc2nccc(-c3csc(C)n3)n2)ccc1O. The van der Waals surface area contributed by atoms with E-state index >= 15 is 0 Å². The zero-order valence-electron chi connectivity index (χ0n) is 15.2. The molecule has 2 N–H and O–H groups in total. The van der Waals surface area contributed by atoms with Crippen molar-refractivity contribution in [3.63, 3.8) is 0 Å². The third kappa shape index (κ3) is 4.36. The van der Waals surface area contributed by atoms with Gasteiger partial charge in [0.05, 0.1) is 10.7 Å². The van der Waals surface area contributed by atoms with Crippen LogP contribution in [0.5, 0.6) is 5.75 Å². The number of phenols is 1. The van der Waals surface area contributed by atoms with Crippen LogP contribution in [0.2, 0.25) is 0 Å². The summed E-state index contributed by atoms with van der Waals surface area (Å²) in [5, 5.41) is 16.4. The number of aromatic hydroxyl groups is 1. The van der Waals surface area contributed by atoms with Gasteiger partial charge in [0.25, 0.3) is 0 Å². The highest BCUT2D eigenvalue weighted by Gasteiger charge is 2.09. The highest BCUT2D eigenvalue weighted by molar-refractivity contribution is 7.09. The summed E-state index contributed by atoms with van der Waals surface area (Å²) in [5.41, 5.74) is 3.36. The second-order valence-electron chi connectivity index (χ2n) is 5.95. The molecule has 0 amide bonds. The van der Waals surface area contributed by atoms with Gasteiger partial charge in [-0.05, 0) is 44.3 Å². The van der Waals surface area contributed by atoms with Gasteiger partial charge in [0.2, 0.25) is 5.95 Å². The van der Waals surface area contributed by atoms with Gasteiger partial charge in [0.1, 0.15) is 11.4 Å². The summed E-state index contributed by atoms with van der Waals surface area (Å²) in [5.74, 6) is 0.808. The summed E-state index contributed by atoms with van der Waals surface area (Å²) >= 11 is 1.60. The Balaban J connectivity index is 1.81. The van der Waals surface area contributed by atoms with E-state index in [1.165, 1.54) is 0 Å². The van der Waals surface area contributed by atoms with Crippen molar-refractivity contribution < 1.29 is 5.11 Å². The highest BCUT2D eigenvalue weighted by Crippen LogP contribution is 2.25. The average molecular weight is 369 g/mol. The normalized spacial score (nSPS) is 11.1. The van der Waals surface area contributed by atoms with E-state index < -0.39 is 0 Å². The van der Waals surface area contributed by atoms with Crippen LogP contribution in [0.25, 0.3) is 11.4 Å². The number of nitrogens with one attached hydrogen (secondary N) is 1. The van der Waals surface area contributed by atoms with Crippen LogP contribution in [0.15, 0.2) is 35.8 Å². The first-order valence-corrected chi connectivity index (χ1v) is 9.53. The number of benzene rings is 1. The first-order chi connectivity index (χ1) is 12.6. The summed E-state index contributed by atoms with van der Waals surface area (Å²) in [6.45, 7) is 8.78. The quantitative estimate of drug-likeness (QED) is 0.608. The van der Waals surface area contributed by atoms with Crippen LogP contribution in [0.1, 0.15) is 24.4 Å². The molecular weight excluding hydrogens is 346 g/mol. The van der Waals surface area contributed by atoms with Crippen molar-refractivity contribution in [2.75, 3.05) is 18.4 Å². The lowest BCUT2D eigenvalue weighted by Gasteiger charge is -2.19. The van der Waals surface area contributed by atoms with E-state index in [1.807, 2.05) is 30.5 Å². The molecule has 0 bridgehead atoms. The zero-order chi connectivity index (χ0) is 18.5. The van der Waals surface area contributed by atoms with Crippen LogP contribution in [-0.4, -0.2) is 38.0 Å². The molecule has 7 heteroatoms. The fourth-order valence-corrected chi connectivity index (χ4v) is 3.26. The van der Waals surface area contributed by atoms with Crippen molar-refractivity contribution in [3.8, 4) is 17.1 Å². The lowest BCUT2D eigenvalue weighted by Crippen LogP contribution is -2.22. The molecule has 0 aliphatic heterocycles. The second kappa shape index (κ2) is 8.25. The van der Waals surface area contributed by atoms with Gasteiger partial charge < -0.3 is 10.4 Å². The Kier molecular flexibility index (Phi) is 5.80. The van der Waals surface area contributed by atoms with E-state index in [4.69, 9.17) is 0 Å². The number of aryl methyl sites for hydroxylation is 1. The van der Waals surface area contributed by atoms with E-state index in [2.05, 4.69) is 39.0 Å². The van der Waals surface area contributed by atoms with Crippen LogP contribution in [0.4, 0.5) is 11.6 Å². The molecule has 136 valence electrons. The number of hydrogen-bond acceptors (Lipinski definition) is 7. The Morgan fingerprint density at radius 1 is 1.12 bits per heavy atom. The standard InChI is InChI=1S/C19H23N5OS/c1-4-24(5-2)11-14-10-15(6-7-18(14)25)22-19-20-9-8-16(23-19)17-12-26-13(3)21-17/h6-10,12,25H,4-5,11H2,1-3H3,(H,20,22,23). The topological polar surface area (TPSA) is 74.2 Å². The highest BCUT2D eigenvalue weighted by atomic mass is 32.1. The average Bonchev–Trinajstić information content (AvgIpc) is 3.09. The summed E-state index contributed by atoms with van der Waals surface area (Å²) in [6, 6.07) is 7.32. The van der Waals surface area contributed by atoms with Crippen molar-refractivity contribution in [3.05, 3.63) is 46.4 Å². The Morgan fingerprint density at radius 2 is 1.92 bits per heavy atom. The van der Waals surface area contributed by atoms with Crippen LogP contribution >= 0.6 is 11.3 Å². The first-order valence-electron chi connectivity index (χ1n) is 8.65. The van der Waals surface area contributed by atoms with Gasteiger partial charge in [0.15, 0.2) is 0 Å².